The minimum absolute atomic E-state index is 0.00756. The molecule has 4 heterocycles. The molecular weight excluding hydrogens is 848 g/mol. The molecule has 0 amide bonds. The molecule has 1 aromatic heterocycles. The third-order valence-corrected chi connectivity index (χ3v) is 17.1. The molecule has 0 saturated heterocycles. The number of hydrogen-bond acceptors (Lipinski definition) is 4. The van der Waals surface area contributed by atoms with Crippen molar-refractivity contribution >= 4 is 68.6 Å². The van der Waals surface area contributed by atoms with Crippen LogP contribution in [0.5, 0.6) is 0 Å². The van der Waals surface area contributed by atoms with Gasteiger partial charge in [-0.3, -0.25) is 4.98 Å². The van der Waals surface area contributed by atoms with Crippen LogP contribution >= 0.6 is 0 Å². The second-order valence-corrected chi connectivity index (χ2v) is 25.8. The van der Waals surface area contributed by atoms with Gasteiger partial charge in [0, 0.05) is 63.3 Å². The van der Waals surface area contributed by atoms with E-state index in [4.69, 9.17) is 0 Å². The van der Waals surface area contributed by atoms with Gasteiger partial charge in [-0.2, -0.15) is 0 Å². The topological polar surface area (TPSA) is 22.6 Å². The molecule has 1 aliphatic carbocycles. The molecule has 2 unspecified atom stereocenters. The summed E-state index contributed by atoms with van der Waals surface area (Å²) in [5.41, 5.74) is 23.1. The Morgan fingerprint density at radius 1 is 0.429 bits per heavy atom. The first kappa shape index (κ1) is 46.3. The summed E-state index contributed by atoms with van der Waals surface area (Å²) in [6.45, 7) is 33.2. The van der Waals surface area contributed by atoms with Crippen molar-refractivity contribution in [3.8, 4) is 11.1 Å². The highest BCUT2D eigenvalue weighted by Crippen LogP contribution is 2.62. The minimum atomic E-state index is -0.161. The smallest absolute Gasteiger partial charge is 0.252 e. The van der Waals surface area contributed by atoms with Crippen molar-refractivity contribution in [2.75, 3.05) is 14.7 Å². The maximum absolute atomic E-state index is 4.37. The summed E-state index contributed by atoms with van der Waals surface area (Å²) in [5, 5.41) is 0. The summed E-state index contributed by atoms with van der Waals surface area (Å²) in [5.74, 6) is 0. The fourth-order valence-corrected chi connectivity index (χ4v) is 12.7. The minimum Gasteiger partial charge on any atom is -0.334 e. The standard InChI is InChI=1S/C65H73BN4/c1-60(2,3)44-18-24-48(25-19-44)68-55-29-22-46(62(7,8)9)38-52(55)66-53-39-47(63(10,11)12)23-30-56(53)69(49-26-20-45(21-27-49)61(4,5)6)58-41-50(40-57(68)59(58)66)70-54-28-17-43(42-31-35-67-36-32-42)37-51(54)64(13)33-15-16-34-65(64,70)14/h17-32,35-41H,15-16,33-34H2,1-14H3. The monoisotopic (exact) mass is 921 g/mol. The maximum atomic E-state index is 4.37. The van der Waals surface area contributed by atoms with Crippen LogP contribution in [-0.2, 0) is 27.1 Å². The molecule has 6 aromatic carbocycles. The normalized spacial score (nSPS) is 19.6. The lowest BCUT2D eigenvalue weighted by Gasteiger charge is -2.51. The van der Waals surface area contributed by atoms with E-state index in [9.17, 15) is 0 Å². The number of aromatic nitrogens is 1. The lowest BCUT2D eigenvalue weighted by atomic mass is 9.33. The molecule has 1 fully saturated rings. The second-order valence-electron chi connectivity index (χ2n) is 25.8. The highest BCUT2D eigenvalue weighted by molar-refractivity contribution is 7.00. The summed E-state index contributed by atoms with van der Waals surface area (Å²) in [7, 11) is 0. The zero-order valence-corrected chi connectivity index (χ0v) is 44.5. The molecule has 4 nitrogen and oxygen atoms in total. The van der Waals surface area contributed by atoms with E-state index in [2.05, 4.69) is 244 Å². The van der Waals surface area contributed by atoms with E-state index in [0.29, 0.717) is 0 Å². The molecule has 3 aliphatic heterocycles. The highest BCUT2D eigenvalue weighted by Gasteiger charge is 2.58. The molecule has 0 bridgehead atoms. The number of anilines is 8. The Kier molecular flexibility index (Phi) is 10.4. The van der Waals surface area contributed by atoms with Crippen LogP contribution in [0.4, 0.5) is 45.5 Å². The molecule has 2 atom stereocenters. The van der Waals surface area contributed by atoms with Gasteiger partial charge in [-0.1, -0.05) is 157 Å². The first-order valence-corrected chi connectivity index (χ1v) is 26.1. The van der Waals surface area contributed by atoms with Crippen molar-refractivity contribution in [1.82, 2.24) is 4.98 Å². The van der Waals surface area contributed by atoms with Gasteiger partial charge in [-0.05, 0) is 170 Å². The van der Waals surface area contributed by atoms with Crippen LogP contribution in [0.3, 0.4) is 0 Å². The zero-order valence-electron chi connectivity index (χ0n) is 44.5. The molecule has 0 spiro atoms. The first-order chi connectivity index (χ1) is 33.0. The molecule has 356 valence electrons. The van der Waals surface area contributed by atoms with Gasteiger partial charge in [0.2, 0.25) is 0 Å². The van der Waals surface area contributed by atoms with Crippen LogP contribution in [0.15, 0.2) is 140 Å². The van der Waals surface area contributed by atoms with E-state index in [-0.39, 0.29) is 39.3 Å². The Hall–Kier alpha value is -6.07. The molecule has 4 aliphatic rings. The molecule has 11 rings (SSSR count). The molecular formula is C65H73BN4. The van der Waals surface area contributed by atoms with Crippen molar-refractivity contribution in [2.45, 2.75) is 155 Å². The van der Waals surface area contributed by atoms with E-state index in [0.717, 1.165) is 12.8 Å². The van der Waals surface area contributed by atoms with E-state index in [1.165, 1.54) is 114 Å². The fourth-order valence-electron chi connectivity index (χ4n) is 12.7. The Morgan fingerprint density at radius 3 is 1.34 bits per heavy atom. The summed E-state index contributed by atoms with van der Waals surface area (Å²) in [6.07, 6.45) is 8.54. The molecule has 0 N–H and O–H groups in total. The Labute approximate surface area is 420 Å². The third kappa shape index (κ3) is 7.18. The van der Waals surface area contributed by atoms with Crippen molar-refractivity contribution in [3.63, 3.8) is 0 Å². The quantitative estimate of drug-likeness (QED) is 0.164. The molecule has 70 heavy (non-hydrogen) atoms. The van der Waals surface area contributed by atoms with Crippen LogP contribution in [0, 0.1) is 0 Å². The van der Waals surface area contributed by atoms with Gasteiger partial charge in [0.05, 0.1) is 5.54 Å². The zero-order chi connectivity index (χ0) is 49.5. The molecule has 7 aromatic rings. The predicted molar refractivity (Wildman–Crippen MR) is 301 cm³/mol. The number of nitrogens with zero attached hydrogens (tertiary/aromatic N) is 4. The van der Waals surface area contributed by atoms with Crippen molar-refractivity contribution < 1.29 is 0 Å². The Bertz CT molecular complexity index is 3030. The molecule has 1 saturated carbocycles. The van der Waals surface area contributed by atoms with E-state index in [1.807, 2.05) is 12.4 Å². The van der Waals surface area contributed by atoms with Crippen molar-refractivity contribution in [1.29, 1.82) is 0 Å². The predicted octanol–water partition coefficient (Wildman–Crippen LogP) is 15.8. The van der Waals surface area contributed by atoms with Gasteiger partial charge in [0.25, 0.3) is 6.71 Å². The number of benzene rings is 6. The van der Waals surface area contributed by atoms with E-state index < -0.39 is 0 Å². The summed E-state index contributed by atoms with van der Waals surface area (Å²) in [6, 6.07) is 50.6. The molecule has 0 radical (unpaired) electrons. The van der Waals surface area contributed by atoms with Crippen LogP contribution < -0.4 is 31.1 Å². The van der Waals surface area contributed by atoms with Gasteiger partial charge in [0.15, 0.2) is 0 Å². The number of pyridine rings is 1. The van der Waals surface area contributed by atoms with E-state index in [1.54, 1.807) is 0 Å². The average molecular weight is 921 g/mol. The maximum Gasteiger partial charge on any atom is 0.252 e. The lowest BCUT2D eigenvalue weighted by molar-refractivity contribution is 0.195. The van der Waals surface area contributed by atoms with Crippen molar-refractivity contribution in [3.05, 3.63) is 168 Å². The Balaban J connectivity index is 1.25. The van der Waals surface area contributed by atoms with Crippen LogP contribution in [0.1, 0.15) is 150 Å². The van der Waals surface area contributed by atoms with Gasteiger partial charge in [-0.25, -0.2) is 0 Å². The first-order valence-electron chi connectivity index (χ1n) is 26.1. The molecule has 5 heteroatoms. The van der Waals surface area contributed by atoms with Gasteiger partial charge in [0.1, 0.15) is 0 Å². The highest BCUT2D eigenvalue weighted by atomic mass is 15.3. The number of fused-ring (bicyclic) bond motifs is 7. The summed E-state index contributed by atoms with van der Waals surface area (Å²) in [4.78, 5) is 12.4. The number of hydrogen-bond donors (Lipinski definition) is 0. The van der Waals surface area contributed by atoms with Crippen LogP contribution in [0.2, 0.25) is 0 Å². The summed E-state index contributed by atoms with van der Waals surface area (Å²) >= 11 is 0. The van der Waals surface area contributed by atoms with Gasteiger partial charge >= 0.3 is 0 Å². The van der Waals surface area contributed by atoms with Gasteiger partial charge in [-0.15, -0.1) is 0 Å². The van der Waals surface area contributed by atoms with Crippen LogP contribution in [0.25, 0.3) is 11.1 Å². The van der Waals surface area contributed by atoms with Crippen molar-refractivity contribution in [2.24, 2.45) is 0 Å². The third-order valence-electron chi connectivity index (χ3n) is 17.1. The largest absolute Gasteiger partial charge is 0.334 e. The SMILES string of the molecule is CC(C)(C)c1ccc(N2c3ccc(C(C)(C)C)cc3B3c4cc(C(C)(C)C)ccc4N(c4ccc(C(C)(C)C)cc4)c4cc(N5c6ccc(-c7ccncc7)cc6C6(C)CCCCC56C)cc2c43)cc1. The fraction of sp³-hybridized carbons (Fsp3) is 0.369. The lowest BCUT2D eigenvalue weighted by Crippen LogP contribution is -2.62. The van der Waals surface area contributed by atoms with E-state index >= 15 is 0 Å². The summed E-state index contributed by atoms with van der Waals surface area (Å²) < 4.78 is 0. The van der Waals surface area contributed by atoms with Crippen LogP contribution in [-0.4, -0.2) is 17.2 Å². The van der Waals surface area contributed by atoms with Gasteiger partial charge < -0.3 is 14.7 Å². The Morgan fingerprint density at radius 2 is 0.871 bits per heavy atom. The second kappa shape index (κ2) is 15.7. The average Bonchev–Trinajstić information content (AvgIpc) is 3.52. The number of rotatable bonds is 4.